The minimum Gasteiger partial charge on any atom is -0.497 e. The summed E-state index contributed by atoms with van der Waals surface area (Å²) in [6.07, 6.45) is 5.79. The summed E-state index contributed by atoms with van der Waals surface area (Å²) in [7, 11) is 1.72. The number of aromatic nitrogens is 1. The Kier molecular flexibility index (Phi) is 3.87. The van der Waals surface area contributed by atoms with Gasteiger partial charge in [-0.05, 0) is 70.5 Å². The maximum absolute atomic E-state index is 5.41. The third-order valence-corrected chi connectivity index (χ3v) is 4.62. The molecule has 1 aromatic heterocycles. The zero-order valence-corrected chi connectivity index (χ0v) is 13.7. The van der Waals surface area contributed by atoms with Crippen molar-refractivity contribution in [2.24, 2.45) is 0 Å². The Labute approximate surface area is 142 Å². The van der Waals surface area contributed by atoms with Crippen molar-refractivity contribution in [3.63, 3.8) is 0 Å². The molecule has 0 N–H and O–H groups in total. The van der Waals surface area contributed by atoms with Crippen LogP contribution in [0, 0.1) is 0 Å². The summed E-state index contributed by atoms with van der Waals surface area (Å²) < 4.78 is 5.41. The number of pyridine rings is 1. The highest BCUT2D eigenvalue weighted by Gasteiger charge is 2.21. The first-order chi connectivity index (χ1) is 11.9. The van der Waals surface area contributed by atoms with Crippen LogP contribution in [0.3, 0.4) is 0 Å². The average Bonchev–Trinajstić information content (AvgIpc) is 2.68. The largest absolute Gasteiger partial charge is 0.497 e. The molecule has 1 heterocycles. The van der Waals surface area contributed by atoms with Crippen molar-refractivity contribution in [1.29, 1.82) is 0 Å². The molecule has 0 unspecified atom stereocenters. The van der Waals surface area contributed by atoms with Crippen LogP contribution < -0.4 is 4.74 Å². The molecule has 0 bridgehead atoms. The third kappa shape index (κ3) is 2.61. The van der Waals surface area contributed by atoms with Crippen molar-refractivity contribution >= 4 is 11.1 Å². The summed E-state index contributed by atoms with van der Waals surface area (Å²) in [6, 6.07) is 21.3. The van der Waals surface area contributed by atoms with Gasteiger partial charge in [-0.15, -0.1) is 0 Å². The number of hydrogen-bond donors (Lipinski definition) is 0. The van der Waals surface area contributed by atoms with Crippen LogP contribution in [0.25, 0.3) is 11.1 Å². The molecule has 2 aromatic carbocycles. The van der Waals surface area contributed by atoms with Gasteiger partial charge in [0.25, 0.3) is 0 Å². The fourth-order valence-corrected chi connectivity index (χ4v) is 3.47. The van der Waals surface area contributed by atoms with Crippen LogP contribution in [0.15, 0.2) is 73.1 Å². The minimum absolute atomic E-state index is 0.922. The lowest BCUT2D eigenvalue weighted by Crippen LogP contribution is -2.06. The van der Waals surface area contributed by atoms with Crippen molar-refractivity contribution in [3.8, 4) is 5.75 Å². The Morgan fingerprint density at radius 2 is 1.62 bits per heavy atom. The van der Waals surface area contributed by atoms with Crippen LogP contribution in [-0.4, -0.2) is 12.1 Å². The van der Waals surface area contributed by atoms with Gasteiger partial charge in [-0.2, -0.15) is 0 Å². The Morgan fingerprint density at radius 1 is 0.833 bits per heavy atom. The zero-order chi connectivity index (χ0) is 16.4. The van der Waals surface area contributed by atoms with Crippen molar-refractivity contribution in [1.82, 2.24) is 4.98 Å². The Balaban J connectivity index is 1.96. The average molecular weight is 313 g/mol. The van der Waals surface area contributed by atoms with Crippen molar-refractivity contribution in [3.05, 3.63) is 95.3 Å². The third-order valence-electron chi connectivity index (χ3n) is 4.62. The van der Waals surface area contributed by atoms with Gasteiger partial charge >= 0.3 is 0 Å². The van der Waals surface area contributed by atoms with Crippen LogP contribution >= 0.6 is 0 Å². The van der Waals surface area contributed by atoms with E-state index in [1.807, 2.05) is 18.5 Å². The molecule has 0 fully saturated rings. The molecule has 3 aromatic rings. The van der Waals surface area contributed by atoms with Gasteiger partial charge in [0.1, 0.15) is 5.75 Å². The van der Waals surface area contributed by atoms with Crippen LogP contribution in [0.2, 0.25) is 0 Å². The van der Waals surface area contributed by atoms with Crippen LogP contribution in [0.5, 0.6) is 5.75 Å². The molecule has 0 spiro atoms. The molecule has 0 amide bonds. The van der Waals surface area contributed by atoms with Gasteiger partial charge in [0.2, 0.25) is 0 Å². The van der Waals surface area contributed by atoms with E-state index in [1.165, 1.54) is 33.4 Å². The first kappa shape index (κ1) is 14.7. The summed E-state index contributed by atoms with van der Waals surface area (Å²) in [5.74, 6) is 0.922. The molecule has 0 saturated heterocycles. The molecule has 4 rings (SSSR count). The van der Waals surface area contributed by atoms with E-state index in [0.29, 0.717) is 0 Å². The molecule has 1 aliphatic rings. The van der Waals surface area contributed by atoms with Crippen LogP contribution in [-0.2, 0) is 6.42 Å². The van der Waals surface area contributed by atoms with Crippen molar-refractivity contribution in [2.45, 2.75) is 12.8 Å². The lowest BCUT2D eigenvalue weighted by atomic mass is 9.80. The molecule has 118 valence electrons. The summed E-state index contributed by atoms with van der Waals surface area (Å²) in [5.41, 5.74) is 7.88. The highest BCUT2D eigenvalue weighted by molar-refractivity contribution is 6.00. The smallest absolute Gasteiger partial charge is 0.119 e. The van der Waals surface area contributed by atoms with E-state index in [4.69, 9.17) is 4.74 Å². The number of methoxy groups -OCH3 is 1. The van der Waals surface area contributed by atoms with E-state index < -0.39 is 0 Å². The van der Waals surface area contributed by atoms with Gasteiger partial charge in [-0.3, -0.25) is 4.98 Å². The predicted molar refractivity (Wildman–Crippen MR) is 97.9 cm³/mol. The fraction of sp³-hybridized carbons (Fsp3) is 0.136. The van der Waals surface area contributed by atoms with Gasteiger partial charge in [0.05, 0.1) is 7.11 Å². The monoisotopic (exact) mass is 313 g/mol. The predicted octanol–water partition coefficient (Wildman–Crippen LogP) is 5.00. The number of aryl methyl sites for hydroxylation is 1. The van der Waals surface area contributed by atoms with Gasteiger partial charge in [-0.1, -0.05) is 36.4 Å². The molecule has 2 heteroatoms. The van der Waals surface area contributed by atoms with E-state index in [0.717, 1.165) is 18.6 Å². The normalized spacial score (nSPS) is 13.5. The number of allylic oxidation sites excluding steroid dienone is 1. The standard InChI is InChI=1S/C22H19NO/c1-24-19-8-10-21-18(15-19)7-9-20(16-5-3-2-4-6-16)22(21)17-11-13-23-14-12-17/h2-6,8,10-15H,7,9H2,1H3. The highest BCUT2D eigenvalue weighted by atomic mass is 16.5. The van der Waals surface area contributed by atoms with Crippen molar-refractivity contribution < 1.29 is 4.74 Å². The second kappa shape index (κ2) is 6.32. The molecule has 0 radical (unpaired) electrons. The minimum atomic E-state index is 0.922. The lowest BCUT2D eigenvalue weighted by molar-refractivity contribution is 0.414. The zero-order valence-electron chi connectivity index (χ0n) is 13.7. The highest BCUT2D eigenvalue weighted by Crippen LogP contribution is 2.41. The maximum atomic E-state index is 5.41. The molecule has 24 heavy (non-hydrogen) atoms. The second-order valence-electron chi connectivity index (χ2n) is 5.98. The molecular formula is C22H19NO. The van der Waals surface area contributed by atoms with E-state index in [2.05, 4.69) is 59.6 Å². The van der Waals surface area contributed by atoms with Gasteiger partial charge in [-0.25, -0.2) is 0 Å². The molecule has 1 aliphatic carbocycles. The van der Waals surface area contributed by atoms with Gasteiger partial charge in [0, 0.05) is 12.4 Å². The van der Waals surface area contributed by atoms with Gasteiger partial charge < -0.3 is 4.74 Å². The second-order valence-corrected chi connectivity index (χ2v) is 5.98. The summed E-state index contributed by atoms with van der Waals surface area (Å²) in [4.78, 5) is 4.18. The summed E-state index contributed by atoms with van der Waals surface area (Å²) in [5, 5.41) is 0. The number of ether oxygens (including phenoxy) is 1. The fourth-order valence-electron chi connectivity index (χ4n) is 3.47. The first-order valence-electron chi connectivity index (χ1n) is 8.23. The Hall–Kier alpha value is -2.87. The molecule has 2 nitrogen and oxygen atoms in total. The molecular weight excluding hydrogens is 294 g/mol. The number of nitrogens with zero attached hydrogens (tertiary/aromatic N) is 1. The van der Waals surface area contributed by atoms with Crippen LogP contribution in [0.4, 0.5) is 0 Å². The Bertz CT molecular complexity index is 882. The maximum Gasteiger partial charge on any atom is 0.119 e. The summed E-state index contributed by atoms with van der Waals surface area (Å²) in [6.45, 7) is 0. The first-order valence-corrected chi connectivity index (χ1v) is 8.23. The number of hydrogen-bond acceptors (Lipinski definition) is 2. The van der Waals surface area contributed by atoms with Crippen molar-refractivity contribution in [2.75, 3.05) is 7.11 Å². The Morgan fingerprint density at radius 3 is 2.38 bits per heavy atom. The number of fused-ring (bicyclic) bond motifs is 1. The van der Waals surface area contributed by atoms with E-state index in [9.17, 15) is 0 Å². The molecule has 0 saturated carbocycles. The molecule has 0 aliphatic heterocycles. The SMILES string of the molecule is COc1ccc2c(c1)CCC(c1ccccc1)=C2c1ccncc1. The quantitative estimate of drug-likeness (QED) is 0.679. The van der Waals surface area contributed by atoms with E-state index in [1.54, 1.807) is 7.11 Å². The van der Waals surface area contributed by atoms with Gasteiger partial charge in [0.15, 0.2) is 0 Å². The number of rotatable bonds is 3. The molecule has 0 atom stereocenters. The lowest BCUT2D eigenvalue weighted by Gasteiger charge is -2.25. The van der Waals surface area contributed by atoms with E-state index >= 15 is 0 Å². The van der Waals surface area contributed by atoms with E-state index in [-0.39, 0.29) is 0 Å². The summed E-state index contributed by atoms with van der Waals surface area (Å²) >= 11 is 0. The number of benzene rings is 2. The van der Waals surface area contributed by atoms with Crippen LogP contribution in [0.1, 0.15) is 28.7 Å². The topological polar surface area (TPSA) is 22.1 Å².